The zero-order valence-corrected chi connectivity index (χ0v) is 8.89. The van der Waals surface area contributed by atoms with Crippen LogP contribution in [-0.4, -0.2) is 11.6 Å². The maximum atomic E-state index is 11.4. The van der Waals surface area contributed by atoms with Crippen LogP contribution in [0.3, 0.4) is 0 Å². The van der Waals surface area contributed by atoms with Crippen LogP contribution in [0.25, 0.3) is 0 Å². The molecule has 0 aromatic heterocycles. The third-order valence-electron chi connectivity index (χ3n) is 1.79. The number of Topliss-reactive ketones (excluding diaryl/α,β-unsaturated/α-hetero) is 1. The summed E-state index contributed by atoms with van der Waals surface area (Å²) in [5.74, 6) is 0.172. The molecular formula is C11H18O2. The fourth-order valence-corrected chi connectivity index (χ4v) is 0.881. The molecule has 0 saturated carbocycles. The van der Waals surface area contributed by atoms with Gasteiger partial charge in [-0.05, 0) is 13.0 Å². The van der Waals surface area contributed by atoms with Crippen molar-refractivity contribution >= 4 is 11.6 Å². The highest BCUT2D eigenvalue weighted by Crippen LogP contribution is 2.17. The third kappa shape index (κ3) is 5.34. The minimum Gasteiger partial charge on any atom is -0.299 e. The molecule has 0 saturated heterocycles. The van der Waals surface area contributed by atoms with Gasteiger partial charge >= 0.3 is 0 Å². The van der Waals surface area contributed by atoms with Crippen molar-refractivity contribution in [2.45, 2.75) is 40.5 Å². The van der Waals surface area contributed by atoms with E-state index in [2.05, 4.69) is 0 Å². The van der Waals surface area contributed by atoms with Crippen LogP contribution in [0.15, 0.2) is 12.2 Å². The van der Waals surface area contributed by atoms with E-state index in [9.17, 15) is 9.59 Å². The van der Waals surface area contributed by atoms with Gasteiger partial charge in [0.05, 0.1) is 0 Å². The van der Waals surface area contributed by atoms with Crippen molar-refractivity contribution in [2.24, 2.45) is 5.41 Å². The first-order valence-corrected chi connectivity index (χ1v) is 4.56. The van der Waals surface area contributed by atoms with E-state index in [4.69, 9.17) is 0 Å². The molecule has 0 heterocycles. The van der Waals surface area contributed by atoms with Gasteiger partial charge in [-0.25, -0.2) is 0 Å². The number of carbonyl (C=O) groups is 2. The molecule has 74 valence electrons. The maximum Gasteiger partial charge on any atom is 0.155 e. The van der Waals surface area contributed by atoms with Gasteiger partial charge in [-0.1, -0.05) is 26.8 Å². The van der Waals surface area contributed by atoms with Crippen molar-refractivity contribution in [3.05, 3.63) is 12.2 Å². The molecule has 0 aliphatic heterocycles. The highest BCUT2D eigenvalue weighted by atomic mass is 16.1. The molecule has 2 nitrogen and oxygen atoms in total. The minimum absolute atomic E-state index is 0.0279. The molecule has 0 aliphatic rings. The zero-order chi connectivity index (χ0) is 10.5. The average Bonchev–Trinajstić information content (AvgIpc) is 1.99. The van der Waals surface area contributed by atoms with Gasteiger partial charge in [-0.2, -0.15) is 0 Å². The number of hydrogen-bond acceptors (Lipinski definition) is 2. The van der Waals surface area contributed by atoms with E-state index in [0.717, 1.165) is 0 Å². The van der Waals surface area contributed by atoms with Gasteiger partial charge in [0.25, 0.3) is 0 Å². The molecule has 2 heteroatoms. The lowest BCUT2D eigenvalue weighted by Gasteiger charge is -2.15. The predicted octanol–water partition coefficient (Wildman–Crippen LogP) is 2.53. The first-order chi connectivity index (χ1) is 5.88. The van der Waals surface area contributed by atoms with Crippen LogP contribution in [0.2, 0.25) is 0 Å². The van der Waals surface area contributed by atoms with Crippen LogP contribution in [0.4, 0.5) is 0 Å². The summed E-state index contributed by atoms with van der Waals surface area (Å²) in [6, 6.07) is 0. The van der Waals surface area contributed by atoms with Crippen molar-refractivity contribution in [1.82, 2.24) is 0 Å². The second-order valence-electron chi connectivity index (χ2n) is 4.14. The summed E-state index contributed by atoms with van der Waals surface area (Å²) in [6.07, 6.45) is 3.90. The Morgan fingerprint density at radius 3 is 2.08 bits per heavy atom. The van der Waals surface area contributed by atoms with Gasteiger partial charge in [0, 0.05) is 18.3 Å². The summed E-state index contributed by atoms with van der Waals surface area (Å²) in [7, 11) is 0. The molecule has 0 radical (unpaired) electrons. The molecule has 0 aliphatic carbocycles. The van der Waals surface area contributed by atoms with Gasteiger partial charge in [-0.3, -0.25) is 9.59 Å². The molecule has 0 unspecified atom stereocenters. The minimum atomic E-state index is -0.323. The Hall–Kier alpha value is -0.920. The molecule has 0 rings (SSSR count). The van der Waals surface area contributed by atoms with Gasteiger partial charge in [0.15, 0.2) is 5.78 Å². The molecule has 0 atom stereocenters. The molecule has 0 N–H and O–H groups in total. The normalized spacial score (nSPS) is 12.0. The van der Waals surface area contributed by atoms with Gasteiger partial charge in [-0.15, -0.1) is 0 Å². The molecule has 0 bridgehead atoms. The van der Waals surface area contributed by atoms with Gasteiger partial charge < -0.3 is 0 Å². The third-order valence-corrected chi connectivity index (χ3v) is 1.79. The molecular weight excluding hydrogens is 164 g/mol. The van der Waals surface area contributed by atoms with E-state index in [-0.39, 0.29) is 17.0 Å². The van der Waals surface area contributed by atoms with E-state index in [0.29, 0.717) is 12.8 Å². The number of ketones is 2. The molecule has 0 fully saturated rings. The summed E-state index contributed by atoms with van der Waals surface area (Å²) in [5.41, 5.74) is -0.323. The molecule has 0 spiro atoms. The number of rotatable bonds is 4. The fourth-order valence-electron chi connectivity index (χ4n) is 0.881. The standard InChI is InChI=1S/C11H18O2/c1-5-6-9(12)7-8-10(13)11(2,3)4/h5-6H,7-8H2,1-4H3/b6-5+. The smallest absolute Gasteiger partial charge is 0.155 e. The van der Waals surface area contributed by atoms with Crippen LogP contribution in [0.1, 0.15) is 40.5 Å². The van der Waals surface area contributed by atoms with E-state index >= 15 is 0 Å². The summed E-state index contributed by atoms with van der Waals surface area (Å²) >= 11 is 0. The van der Waals surface area contributed by atoms with Crippen molar-refractivity contribution in [1.29, 1.82) is 0 Å². The van der Waals surface area contributed by atoms with E-state index in [1.54, 1.807) is 13.0 Å². The molecule has 13 heavy (non-hydrogen) atoms. The van der Waals surface area contributed by atoms with Crippen molar-refractivity contribution in [3.63, 3.8) is 0 Å². The number of allylic oxidation sites excluding steroid dienone is 2. The summed E-state index contributed by atoms with van der Waals surface area (Å²) in [6.45, 7) is 7.41. The van der Waals surface area contributed by atoms with E-state index < -0.39 is 0 Å². The van der Waals surface area contributed by atoms with Crippen LogP contribution < -0.4 is 0 Å². The molecule has 0 aromatic rings. The SMILES string of the molecule is C/C=C/C(=O)CCC(=O)C(C)(C)C. The predicted molar refractivity (Wildman–Crippen MR) is 53.5 cm³/mol. The van der Waals surface area contributed by atoms with Crippen LogP contribution in [-0.2, 0) is 9.59 Å². The highest BCUT2D eigenvalue weighted by Gasteiger charge is 2.20. The van der Waals surface area contributed by atoms with Crippen LogP contribution in [0, 0.1) is 5.41 Å². The number of carbonyl (C=O) groups excluding carboxylic acids is 2. The second-order valence-corrected chi connectivity index (χ2v) is 4.14. The van der Waals surface area contributed by atoms with Crippen molar-refractivity contribution in [3.8, 4) is 0 Å². The van der Waals surface area contributed by atoms with Crippen LogP contribution >= 0.6 is 0 Å². The summed E-state index contributed by atoms with van der Waals surface area (Å²) in [5, 5.41) is 0. The Kier molecular flexibility index (Phi) is 4.60. The van der Waals surface area contributed by atoms with Crippen molar-refractivity contribution < 1.29 is 9.59 Å². The number of hydrogen-bond donors (Lipinski definition) is 0. The fraction of sp³-hybridized carbons (Fsp3) is 0.636. The zero-order valence-electron chi connectivity index (χ0n) is 8.89. The Balaban J connectivity index is 3.91. The first-order valence-electron chi connectivity index (χ1n) is 4.56. The maximum absolute atomic E-state index is 11.4. The molecule has 0 aromatic carbocycles. The summed E-state index contributed by atoms with van der Waals surface area (Å²) in [4.78, 5) is 22.4. The topological polar surface area (TPSA) is 34.1 Å². The average molecular weight is 182 g/mol. The Bertz CT molecular complexity index is 219. The lowest BCUT2D eigenvalue weighted by molar-refractivity contribution is -0.128. The van der Waals surface area contributed by atoms with Gasteiger partial charge in [0.1, 0.15) is 5.78 Å². The quantitative estimate of drug-likeness (QED) is 0.626. The first kappa shape index (κ1) is 12.1. The summed E-state index contributed by atoms with van der Waals surface area (Å²) < 4.78 is 0. The highest BCUT2D eigenvalue weighted by molar-refractivity contribution is 5.93. The van der Waals surface area contributed by atoms with Crippen molar-refractivity contribution in [2.75, 3.05) is 0 Å². The Labute approximate surface area is 80.0 Å². The van der Waals surface area contributed by atoms with E-state index in [1.807, 2.05) is 20.8 Å². The lowest BCUT2D eigenvalue weighted by atomic mass is 9.88. The van der Waals surface area contributed by atoms with Gasteiger partial charge in [0.2, 0.25) is 0 Å². The molecule has 0 amide bonds. The second kappa shape index (κ2) is 4.95. The lowest BCUT2D eigenvalue weighted by Crippen LogP contribution is -2.20. The van der Waals surface area contributed by atoms with Crippen LogP contribution in [0.5, 0.6) is 0 Å². The largest absolute Gasteiger partial charge is 0.299 e. The Morgan fingerprint density at radius 1 is 1.15 bits per heavy atom. The van der Waals surface area contributed by atoms with E-state index in [1.165, 1.54) is 6.08 Å². The monoisotopic (exact) mass is 182 g/mol. The Morgan fingerprint density at radius 2 is 1.69 bits per heavy atom.